The highest BCUT2D eigenvalue weighted by Crippen LogP contribution is 2.32. The summed E-state index contributed by atoms with van der Waals surface area (Å²) >= 11 is 0. The molecule has 1 aliphatic rings. The van der Waals surface area contributed by atoms with E-state index in [1.807, 2.05) is 19.1 Å². The van der Waals surface area contributed by atoms with Crippen molar-refractivity contribution in [2.75, 3.05) is 12.4 Å². The molecule has 0 saturated carbocycles. The second-order valence-electron chi connectivity index (χ2n) is 6.17. The van der Waals surface area contributed by atoms with Crippen molar-refractivity contribution in [1.29, 1.82) is 0 Å². The highest BCUT2D eigenvalue weighted by molar-refractivity contribution is 7.85. The second-order valence-corrected chi connectivity index (χ2v) is 7.67. The van der Waals surface area contributed by atoms with E-state index in [1.165, 1.54) is 12.3 Å². The largest absolute Gasteiger partial charge is 0.463 e. The van der Waals surface area contributed by atoms with Gasteiger partial charge in [0, 0.05) is 29.2 Å². The van der Waals surface area contributed by atoms with Gasteiger partial charge in [0.05, 0.1) is 28.7 Å². The van der Waals surface area contributed by atoms with Gasteiger partial charge in [-0.1, -0.05) is 29.8 Å². The summed E-state index contributed by atoms with van der Waals surface area (Å²) in [4.78, 5) is 12.8. The summed E-state index contributed by atoms with van der Waals surface area (Å²) in [6, 6.07) is 7.13. The predicted octanol–water partition coefficient (Wildman–Crippen LogP) is 3.86. The molecule has 1 aromatic rings. The molecule has 1 unspecified atom stereocenters. The molecule has 0 fully saturated rings. The Bertz CT molecular complexity index is 785. The molecule has 0 radical (unpaired) electrons. The Morgan fingerprint density at radius 2 is 2.04 bits per heavy atom. The van der Waals surface area contributed by atoms with Crippen LogP contribution in [0.1, 0.15) is 18.9 Å². The van der Waals surface area contributed by atoms with Crippen LogP contribution in [-0.4, -0.2) is 28.5 Å². The highest BCUT2D eigenvalue weighted by Gasteiger charge is 2.37. The van der Waals surface area contributed by atoms with Gasteiger partial charge in [0.2, 0.25) is 0 Å². The number of hydrogen-bond donors (Lipinski definition) is 1. The fourth-order valence-corrected chi connectivity index (χ4v) is 3.87. The highest BCUT2D eigenvalue weighted by atomic mass is 32.2. The molecular formula is C20H23F2NO3S. The van der Waals surface area contributed by atoms with E-state index in [0.29, 0.717) is 4.90 Å². The summed E-state index contributed by atoms with van der Waals surface area (Å²) in [6.45, 7) is 7.08. The van der Waals surface area contributed by atoms with Crippen LogP contribution in [0, 0.1) is 12.8 Å². The first-order valence-corrected chi connectivity index (χ1v) is 9.90. The molecule has 1 aromatic carbocycles. The lowest BCUT2D eigenvalue weighted by molar-refractivity contribution is -0.139. The maximum atomic E-state index is 14.2. The molecule has 2 rings (SSSR count). The zero-order valence-corrected chi connectivity index (χ0v) is 16.2. The summed E-state index contributed by atoms with van der Waals surface area (Å²) in [5.74, 6) is -4.51. The summed E-state index contributed by atoms with van der Waals surface area (Å²) in [5, 5.41) is 2.49. The first kappa shape index (κ1) is 21.0. The van der Waals surface area contributed by atoms with Gasteiger partial charge >= 0.3 is 5.97 Å². The molecule has 146 valence electrons. The van der Waals surface area contributed by atoms with Crippen LogP contribution in [0.2, 0.25) is 0 Å². The van der Waals surface area contributed by atoms with E-state index in [1.54, 1.807) is 19.1 Å². The number of alkyl halides is 2. The zero-order chi connectivity index (χ0) is 20.0. The summed E-state index contributed by atoms with van der Waals surface area (Å²) < 4.78 is 46.2. The molecule has 0 spiro atoms. The zero-order valence-electron chi connectivity index (χ0n) is 15.3. The summed E-state index contributed by atoms with van der Waals surface area (Å²) in [7, 11) is -1.46. The number of allylic oxidation sites excluding steroid dienone is 3. The van der Waals surface area contributed by atoms with Crippen molar-refractivity contribution in [3.63, 3.8) is 0 Å². The van der Waals surface area contributed by atoms with E-state index in [4.69, 9.17) is 4.74 Å². The molecular weight excluding hydrogens is 372 g/mol. The lowest BCUT2D eigenvalue weighted by Crippen LogP contribution is -2.34. The maximum absolute atomic E-state index is 14.2. The van der Waals surface area contributed by atoms with E-state index < -0.39 is 35.0 Å². The van der Waals surface area contributed by atoms with Gasteiger partial charge in [-0.3, -0.25) is 4.21 Å². The van der Waals surface area contributed by atoms with Gasteiger partial charge in [0.1, 0.15) is 0 Å². The third-order valence-corrected chi connectivity index (χ3v) is 5.53. The summed E-state index contributed by atoms with van der Waals surface area (Å²) in [6.07, 6.45) is 3.08. The van der Waals surface area contributed by atoms with Crippen LogP contribution >= 0.6 is 0 Å². The monoisotopic (exact) mass is 395 g/mol. The van der Waals surface area contributed by atoms with Crippen molar-refractivity contribution in [2.24, 2.45) is 5.92 Å². The first-order chi connectivity index (χ1) is 12.8. The Balaban J connectivity index is 2.29. The number of benzene rings is 1. The Hall–Kier alpha value is -2.28. The molecule has 7 heteroatoms. The normalized spacial score (nSPS) is 18.0. The number of rotatable bonds is 8. The van der Waals surface area contributed by atoms with Crippen LogP contribution in [0.15, 0.2) is 65.4 Å². The minimum absolute atomic E-state index is 0.00303. The topological polar surface area (TPSA) is 55.4 Å². The molecule has 0 aliphatic carbocycles. The van der Waals surface area contributed by atoms with Crippen LogP contribution in [0.5, 0.6) is 0 Å². The Morgan fingerprint density at radius 1 is 1.37 bits per heavy atom. The van der Waals surface area contributed by atoms with E-state index in [2.05, 4.69) is 11.9 Å². The maximum Gasteiger partial charge on any atom is 0.336 e. The van der Waals surface area contributed by atoms with Crippen molar-refractivity contribution >= 4 is 16.8 Å². The minimum Gasteiger partial charge on any atom is -0.463 e. The van der Waals surface area contributed by atoms with Crippen molar-refractivity contribution < 1.29 is 22.5 Å². The van der Waals surface area contributed by atoms with Gasteiger partial charge in [-0.05, 0) is 26.0 Å². The van der Waals surface area contributed by atoms with Crippen molar-refractivity contribution in [3.05, 3.63) is 66.0 Å². The van der Waals surface area contributed by atoms with Gasteiger partial charge in [-0.2, -0.15) is 8.78 Å². The average Bonchev–Trinajstić information content (AvgIpc) is 2.62. The SMILES string of the molecule is C=CCC(F)(F)C1=C[C@H](CS(=O)c2ccc(C)cc2)C(C(=O)OCC)=CN1. The molecule has 1 aliphatic heterocycles. The number of hydrogen-bond acceptors (Lipinski definition) is 4. The van der Waals surface area contributed by atoms with E-state index in [9.17, 15) is 17.8 Å². The fourth-order valence-electron chi connectivity index (χ4n) is 2.63. The molecule has 0 saturated heterocycles. The molecule has 1 heterocycles. The number of nitrogens with one attached hydrogen (secondary N) is 1. The van der Waals surface area contributed by atoms with Crippen LogP contribution in [0.3, 0.4) is 0 Å². The average molecular weight is 395 g/mol. The molecule has 0 amide bonds. The third kappa shape index (κ3) is 5.35. The molecule has 4 nitrogen and oxygen atoms in total. The van der Waals surface area contributed by atoms with Crippen LogP contribution < -0.4 is 5.32 Å². The number of carbonyl (C=O) groups excluding carboxylic acids is 1. The predicted molar refractivity (Wildman–Crippen MR) is 102 cm³/mol. The van der Waals surface area contributed by atoms with Gasteiger partial charge in [-0.15, -0.1) is 6.58 Å². The van der Waals surface area contributed by atoms with Crippen molar-refractivity contribution in [1.82, 2.24) is 5.32 Å². The van der Waals surface area contributed by atoms with E-state index in [-0.39, 0.29) is 23.6 Å². The van der Waals surface area contributed by atoms with Crippen LogP contribution in [0.4, 0.5) is 8.78 Å². The van der Waals surface area contributed by atoms with Crippen molar-refractivity contribution in [2.45, 2.75) is 31.1 Å². The second kappa shape index (κ2) is 9.08. The Morgan fingerprint density at radius 3 is 2.63 bits per heavy atom. The molecule has 1 N–H and O–H groups in total. The number of esters is 1. The van der Waals surface area contributed by atoms with Gasteiger partial charge in [0.25, 0.3) is 5.92 Å². The fraction of sp³-hybridized carbons (Fsp3) is 0.350. The van der Waals surface area contributed by atoms with E-state index >= 15 is 0 Å². The first-order valence-electron chi connectivity index (χ1n) is 8.58. The number of ether oxygens (including phenoxy) is 1. The number of dihydropyridines is 1. The third-order valence-electron chi connectivity index (χ3n) is 4.07. The lowest BCUT2D eigenvalue weighted by atomic mass is 9.95. The molecule has 27 heavy (non-hydrogen) atoms. The molecule has 0 bridgehead atoms. The molecule has 0 aromatic heterocycles. The minimum atomic E-state index is -3.15. The van der Waals surface area contributed by atoms with Gasteiger partial charge in [0.15, 0.2) is 0 Å². The van der Waals surface area contributed by atoms with Gasteiger partial charge < -0.3 is 10.1 Å². The van der Waals surface area contributed by atoms with Crippen LogP contribution in [-0.2, 0) is 20.3 Å². The Kier molecular flexibility index (Phi) is 7.07. The van der Waals surface area contributed by atoms with E-state index in [0.717, 1.165) is 11.6 Å². The molecule has 2 atom stereocenters. The smallest absolute Gasteiger partial charge is 0.336 e. The van der Waals surface area contributed by atoms with Gasteiger partial charge in [-0.25, -0.2) is 4.79 Å². The summed E-state index contributed by atoms with van der Waals surface area (Å²) in [5.41, 5.74) is 0.868. The lowest BCUT2D eigenvalue weighted by Gasteiger charge is -2.26. The standard InChI is InChI=1S/C20H23F2NO3S/c1-4-10-20(21,22)18-11-15(17(12-23-18)19(24)26-5-2)13-27(25)16-8-6-14(3)7-9-16/h4,6-9,11-12,15,23H,1,5,10,13H2,2-3H3/t15-,27?/m1/s1. The Labute approximate surface area is 160 Å². The number of aryl methyl sites for hydroxylation is 1. The van der Waals surface area contributed by atoms with Crippen LogP contribution in [0.25, 0.3) is 0 Å². The number of halogens is 2. The quantitative estimate of drug-likeness (QED) is 0.536. The number of carbonyl (C=O) groups is 1. The van der Waals surface area contributed by atoms with Crippen molar-refractivity contribution in [3.8, 4) is 0 Å².